The van der Waals surface area contributed by atoms with E-state index in [4.69, 9.17) is 10.5 Å². The van der Waals surface area contributed by atoms with Crippen LogP contribution in [0.4, 0.5) is 5.13 Å². The van der Waals surface area contributed by atoms with Crippen LogP contribution >= 0.6 is 11.3 Å². The van der Waals surface area contributed by atoms with Gasteiger partial charge in [0, 0.05) is 5.38 Å². The minimum absolute atomic E-state index is 0.123. The minimum Gasteiger partial charge on any atom is -0.465 e. The van der Waals surface area contributed by atoms with Gasteiger partial charge in [0.05, 0.1) is 18.4 Å². The van der Waals surface area contributed by atoms with Crippen molar-refractivity contribution in [3.05, 3.63) is 17.2 Å². The summed E-state index contributed by atoms with van der Waals surface area (Å²) in [6, 6.07) is 0. The topological polar surface area (TPSA) is 65.2 Å². The van der Waals surface area contributed by atoms with E-state index in [1.165, 1.54) is 18.4 Å². The first kappa shape index (κ1) is 12.7. The monoisotopic (exact) mass is 240 g/mol. The van der Waals surface area contributed by atoms with Crippen molar-refractivity contribution in [1.29, 1.82) is 0 Å². The molecule has 0 saturated heterocycles. The number of methoxy groups -OCH3 is 1. The van der Waals surface area contributed by atoms with Crippen molar-refractivity contribution in [1.82, 2.24) is 4.98 Å². The molecule has 1 aromatic rings. The summed E-state index contributed by atoms with van der Waals surface area (Å²) in [5, 5.41) is 2.20. The van der Waals surface area contributed by atoms with Gasteiger partial charge in [0.15, 0.2) is 5.13 Å². The number of rotatable bonds is 2. The Kier molecular flexibility index (Phi) is 3.70. The fourth-order valence-corrected chi connectivity index (χ4v) is 1.75. The smallest absolute Gasteiger partial charge is 0.339 e. The summed E-state index contributed by atoms with van der Waals surface area (Å²) in [5.74, 6) is -0.389. The van der Waals surface area contributed by atoms with E-state index in [1.54, 1.807) is 5.38 Å². The molecule has 0 fully saturated rings. The van der Waals surface area contributed by atoms with Crippen molar-refractivity contribution < 1.29 is 9.53 Å². The van der Waals surface area contributed by atoms with Crippen LogP contribution in [0.1, 0.15) is 26.5 Å². The summed E-state index contributed by atoms with van der Waals surface area (Å²) in [7, 11) is 1.36. The van der Waals surface area contributed by atoms with E-state index in [1.807, 2.05) is 26.8 Å². The number of esters is 1. The quantitative estimate of drug-likeness (QED) is 0.636. The predicted molar refractivity (Wildman–Crippen MR) is 66.0 cm³/mol. The number of carbonyl (C=O) groups is 1. The number of nitrogens with zero attached hydrogens (tertiary/aromatic N) is 1. The normalized spacial score (nSPS) is 12.6. The highest BCUT2D eigenvalue weighted by molar-refractivity contribution is 7.13. The van der Waals surface area contributed by atoms with Crippen LogP contribution in [0, 0.1) is 5.41 Å². The van der Waals surface area contributed by atoms with E-state index in [0.29, 0.717) is 16.4 Å². The first-order valence-corrected chi connectivity index (χ1v) is 5.74. The number of hydrogen-bond acceptors (Lipinski definition) is 5. The zero-order valence-electron chi connectivity index (χ0n) is 9.90. The molecule has 16 heavy (non-hydrogen) atoms. The van der Waals surface area contributed by atoms with Crippen LogP contribution in [0.5, 0.6) is 0 Å². The lowest BCUT2D eigenvalue weighted by Crippen LogP contribution is -2.09. The lowest BCUT2D eigenvalue weighted by Gasteiger charge is -2.14. The molecule has 0 aliphatic heterocycles. The van der Waals surface area contributed by atoms with Gasteiger partial charge in [-0.2, -0.15) is 0 Å². The van der Waals surface area contributed by atoms with Gasteiger partial charge in [-0.25, -0.2) is 9.78 Å². The Morgan fingerprint density at radius 3 is 2.56 bits per heavy atom. The van der Waals surface area contributed by atoms with E-state index < -0.39 is 0 Å². The van der Waals surface area contributed by atoms with Gasteiger partial charge >= 0.3 is 5.97 Å². The van der Waals surface area contributed by atoms with Crippen LogP contribution in [0.3, 0.4) is 0 Å². The van der Waals surface area contributed by atoms with Crippen molar-refractivity contribution in [3.8, 4) is 0 Å². The maximum Gasteiger partial charge on any atom is 0.339 e. The molecule has 1 heterocycles. The van der Waals surface area contributed by atoms with Gasteiger partial charge in [-0.05, 0) is 5.41 Å². The zero-order chi connectivity index (χ0) is 12.3. The van der Waals surface area contributed by atoms with Crippen LogP contribution in [0.15, 0.2) is 11.5 Å². The Morgan fingerprint density at radius 2 is 2.19 bits per heavy atom. The minimum atomic E-state index is -0.389. The third kappa shape index (κ3) is 3.34. The molecule has 0 atom stereocenters. The van der Waals surface area contributed by atoms with Crippen molar-refractivity contribution in [3.63, 3.8) is 0 Å². The molecule has 5 heteroatoms. The molecule has 88 valence electrons. The van der Waals surface area contributed by atoms with E-state index in [2.05, 4.69) is 4.98 Å². The first-order valence-electron chi connectivity index (χ1n) is 4.86. The molecule has 0 amide bonds. The van der Waals surface area contributed by atoms with E-state index in [0.717, 1.165) is 0 Å². The Balaban J connectivity index is 3.16. The first-order chi connectivity index (χ1) is 7.33. The van der Waals surface area contributed by atoms with Gasteiger partial charge in [0.25, 0.3) is 0 Å². The van der Waals surface area contributed by atoms with Gasteiger partial charge in [-0.3, -0.25) is 0 Å². The molecule has 1 aromatic heterocycles. The Bertz CT molecular complexity index is 416. The van der Waals surface area contributed by atoms with Gasteiger partial charge in [0.1, 0.15) is 0 Å². The standard InChI is InChI=1S/C11H16N2O2S/c1-11(2,3)5-7(9(14)15-4)8-6-16-10(12)13-8/h5-6H,1-4H3,(H2,12,13). The van der Waals surface area contributed by atoms with E-state index >= 15 is 0 Å². The van der Waals surface area contributed by atoms with Gasteiger partial charge in [-0.1, -0.05) is 26.8 Å². The molecule has 4 nitrogen and oxygen atoms in total. The number of thiazole rings is 1. The maximum absolute atomic E-state index is 11.6. The number of nitrogen functional groups attached to an aromatic ring is 1. The molecule has 1 rings (SSSR count). The molecule has 0 aliphatic rings. The van der Waals surface area contributed by atoms with Gasteiger partial charge in [0.2, 0.25) is 0 Å². The van der Waals surface area contributed by atoms with Crippen molar-refractivity contribution in [2.45, 2.75) is 20.8 Å². The molecule has 0 spiro atoms. The second-order valence-corrected chi connectivity index (χ2v) is 5.38. The van der Waals surface area contributed by atoms with E-state index in [-0.39, 0.29) is 11.4 Å². The second kappa shape index (κ2) is 4.65. The number of aromatic nitrogens is 1. The summed E-state index contributed by atoms with van der Waals surface area (Å²) in [5.41, 5.74) is 6.46. The van der Waals surface area contributed by atoms with Crippen LogP contribution < -0.4 is 5.73 Å². The Hall–Kier alpha value is -1.36. The molecular weight excluding hydrogens is 224 g/mol. The highest BCUT2D eigenvalue weighted by Crippen LogP contribution is 2.26. The summed E-state index contributed by atoms with van der Waals surface area (Å²) >= 11 is 1.30. The molecule has 0 aromatic carbocycles. The third-order valence-electron chi connectivity index (χ3n) is 1.78. The largest absolute Gasteiger partial charge is 0.465 e. The Labute approximate surface area is 99.1 Å². The number of ether oxygens (including phenoxy) is 1. The average Bonchev–Trinajstić information content (AvgIpc) is 2.58. The number of nitrogens with two attached hydrogens (primary N) is 1. The van der Waals surface area contributed by atoms with Crippen LogP contribution in [-0.4, -0.2) is 18.1 Å². The van der Waals surface area contributed by atoms with Gasteiger partial charge < -0.3 is 10.5 Å². The molecule has 2 N–H and O–H groups in total. The molecule has 0 bridgehead atoms. The summed E-state index contributed by atoms with van der Waals surface area (Å²) < 4.78 is 4.74. The molecule has 0 saturated carbocycles. The average molecular weight is 240 g/mol. The summed E-state index contributed by atoms with van der Waals surface area (Å²) in [4.78, 5) is 15.7. The zero-order valence-corrected chi connectivity index (χ0v) is 10.7. The number of carbonyl (C=O) groups excluding carboxylic acids is 1. The van der Waals surface area contributed by atoms with E-state index in [9.17, 15) is 4.79 Å². The number of allylic oxidation sites excluding steroid dienone is 1. The molecule has 0 radical (unpaired) electrons. The maximum atomic E-state index is 11.6. The number of anilines is 1. The second-order valence-electron chi connectivity index (χ2n) is 4.49. The summed E-state index contributed by atoms with van der Waals surface area (Å²) in [6.07, 6.45) is 1.84. The van der Waals surface area contributed by atoms with Crippen molar-refractivity contribution >= 4 is 28.0 Å². The van der Waals surface area contributed by atoms with Crippen LogP contribution in [0.2, 0.25) is 0 Å². The van der Waals surface area contributed by atoms with Crippen molar-refractivity contribution in [2.75, 3.05) is 12.8 Å². The Morgan fingerprint density at radius 1 is 1.56 bits per heavy atom. The SMILES string of the molecule is COC(=O)C(=CC(C)(C)C)c1csc(N)n1. The highest BCUT2D eigenvalue weighted by Gasteiger charge is 2.19. The lowest BCUT2D eigenvalue weighted by atomic mass is 9.93. The van der Waals surface area contributed by atoms with Crippen LogP contribution in [0.25, 0.3) is 5.57 Å². The van der Waals surface area contributed by atoms with Gasteiger partial charge in [-0.15, -0.1) is 11.3 Å². The number of hydrogen-bond donors (Lipinski definition) is 1. The lowest BCUT2D eigenvalue weighted by molar-refractivity contribution is -0.133. The predicted octanol–water partition coefficient (Wildman–Crippen LogP) is 2.33. The fraction of sp³-hybridized carbons (Fsp3) is 0.455. The fourth-order valence-electron chi connectivity index (χ4n) is 1.19. The van der Waals surface area contributed by atoms with Crippen LogP contribution in [-0.2, 0) is 9.53 Å². The third-order valence-corrected chi connectivity index (χ3v) is 2.45. The highest BCUT2D eigenvalue weighted by atomic mass is 32.1. The molecular formula is C11H16N2O2S. The summed E-state index contributed by atoms with van der Waals surface area (Å²) in [6.45, 7) is 6.02. The molecule has 0 unspecified atom stereocenters. The van der Waals surface area contributed by atoms with Crippen molar-refractivity contribution in [2.24, 2.45) is 5.41 Å². The molecule has 0 aliphatic carbocycles.